The zero-order valence-corrected chi connectivity index (χ0v) is 19.2. The van der Waals surface area contributed by atoms with Gasteiger partial charge in [0.15, 0.2) is 0 Å². The molecule has 0 spiro atoms. The maximum Gasteiger partial charge on any atom is 0.416 e. The maximum absolute atomic E-state index is 13.5. The Kier molecular flexibility index (Phi) is 7.09. The van der Waals surface area contributed by atoms with E-state index >= 15 is 0 Å². The molecule has 1 heterocycles. The van der Waals surface area contributed by atoms with E-state index in [4.69, 9.17) is 0 Å². The molecule has 1 aliphatic heterocycles. The first-order valence-corrected chi connectivity index (χ1v) is 10.6. The van der Waals surface area contributed by atoms with Gasteiger partial charge in [-0.2, -0.15) is 18.3 Å². The van der Waals surface area contributed by atoms with Crippen molar-refractivity contribution in [3.63, 3.8) is 0 Å². The number of hydrogen-bond donors (Lipinski definition) is 2. The number of nitrogens with one attached hydrogen (secondary N) is 2. The third-order valence-corrected chi connectivity index (χ3v) is 5.34. The van der Waals surface area contributed by atoms with Crippen LogP contribution in [0.5, 0.6) is 0 Å². The largest absolute Gasteiger partial charge is 0.416 e. The molecule has 1 unspecified atom stereocenters. The minimum absolute atomic E-state index is 0.0187. The SMILES string of the molecule is CC(=O)NCCC(=O)N/N=C(/C)C1C(=O)N(c2cc(C)cc(C)c2)c2cc(C(F)(F)F)ccc21. The summed E-state index contributed by atoms with van der Waals surface area (Å²) in [4.78, 5) is 37.7. The van der Waals surface area contributed by atoms with Gasteiger partial charge in [-0.05, 0) is 61.7 Å². The Balaban J connectivity index is 1.97. The number of alkyl halides is 3. The number of aryl methyl sites for hydroxylation is 2. The van der Waals surface area contributed by atoms with Crippen molar-refractivity contribution in [2.45, 2.75) is 46.2 Å². The van der Waals surface area contributed by atoms with E-state index in [1.54, 1.807) is 12.1 Å². The number of hydrazone groups is 1. The van der Waals surface area contributed by atoms with Gasteiger partial charge >= 0.3 is 6.18 Å². The van der Waals surface area contributed by atoms with Gasteiger partial charge in [-0.1, -0.05) is 12.1 Å². The molecule has 1 atom stereocenters. The van der Waals surface area contributed by atoms with E-state index in [0.717, 1.165) is 23.3 Å². The molecule has 2 aromatic rings. The Hall–Kier alpha value is -3.69. The van der Waals surface area contributed by atoms with Crippen LogP contribution in [0.1, 0.15) is 48.4 Å². The van der Waals surface area contributed by atoms with E-state index in [-0.39, 0.29) is 30.3 Å². The molecule has 0 saturated heterocycles. The number of carbonyl (C=O) groups excluding carboxylic acids is 3. The highest BCUT2D eigenvalue weighted by molar-refractivity contribution is 6.22. The molecule has 3 amide bonds. The quantitative estimate of drug-likeness (QED) is 0.488. The van der Waals surface area contributed by atoms with E-state index in [2.05, 4.69) is 15.8 Å². The third kappa shape index (κ3) is 5.44. The number of fused-ring (bicyclic) bond motifs is 1. The first kappa shape index (κ1) is 24.9. The normalized spacial score (nSPS) is 15.9. The summed E-state index contributed by atoms with van der Waals surface area (Å²) in [5.74, 6) is -2.18. The van der Waals surface area contributed by atoms with Gasteiger partial charge < -0.3 is 5.32 Å². The van der Waals surface area contributed by atoms with Crippen LogP contribution in [-0.2, 0) is 20.6 Å². The van der Waals surface area contributed by atoms with Crippen molar-refractivity contribution >= 4 is 34.8 Å². The maximum atomic E-state index is 13.5. The van der Waals surface area contributed by atoms with Gasteiger partial charge in [-0.3, -0.25) is 19.3 Å². The minimum Gasteiger partial charge on any atom is -0.356 e. The highest BCUT2D eigenvalue weighted by Crippen LogP contribution is 2.45. The molecule has 3 rings (SSSR count). The molecule has 0 fully saturated rings. The van der Waals surface area contributed by atoms with E-state index in [1.807, 2.05) is 19.9 Å². The molecule has 0 bridgehead atoms. The number of nitrogens with zero attached hydrogens (tertiary/aromatic N) is 2. The van der Waals surface area contributed by atoms with Crippen LogP contribution < -0.4 is 15.6 Å². The molecule has 2 N–H and O–H groups in total. The van der Waals surface area contributed by atoms with Crippen molar-refractivity contribution in [1.82, 2.24) is 10.7 Å². The second-order valence-electron chi connectivity index (χ2n) is 8.25. The zero-order chi connectivity index (χ0) is 25.2. The number of hydrogen-bond acceptors (Lipinski definition) is 4. The van der Waals surface area contributed by atoms with Crippen LogP contribution >= 0.6 is 0 Å². The summed E-state index contributed by atoms with van der Waals surface area (Å²) in [6, 6.07) is 8.54. The smallest absolute Gasteiger partial charge is 0.356 e. The fourth-order valence-electron chi connectivity index (χ4n) is 3.91. The second kappa shape index (κ2) is 9.66. The number of amides is 3. The van der Waals surface area contributed by atoms with E-state index in [9.17, 15) is 27.6 Å². The van der Waals surface area contributed by atoms with Crippen molar-refractivity contribution in [3.05, 3.63) is 58.7 Å². The number of rotatable bonds is 6. The van der Waals surface area contributed by atoms with Crippen LogP contribution in [0.3, 0.4) is 0 Å². The molecule has 0 radical (unpaired) electrons. The van der Waals surface area contributed by atoms with Crippen LogP contribution in [0.25, 0.3) is 0 Å². The van der Waals surface area contributed by atoms with Crippen molar-refractivity contribution in [1.29, 1.82) is 0 Å². The average molecular weight is 474 g/mol. The lowest BCUT2D eigenvalue weighted by molar-refractivity contribution is -0.137. The molecule has 7 nitrogen and oxygen atoms in total. The van der Waals surface area contributed by atoms with Crippen molar-refractivity contribution in [2.75, 3.05) is 11.4 Å². The lowest BCUT2D eigenvalue weighted by atomic mass is 9.95. The Morgan fingerprint density at radius 3 is 2.29 bits per heavy atom. The topological polar surface area (TPSA) is 90.9 Å². The van der Waals surface area contributed by atoms with Crippen molar-refractivity contribution in [3.8, 4) is 0 Å². The Labute approximate surface area is 195 Å². The Bertz CT molecular complexity index is 1150. The molecular formula is C24H25F3N4O3. The average Bonchev–Trinajstić information content (AvgIpc) is 3.01. The molecule has 1 aliphatic rings. The summed E-state index contributed by atoms with van der Waals surface area (Å²) in [5, 5.41) is 6.51. The predicted octanol–water partition coefficient (Wildman–Crippen LogP) is 4.10. The lowest BCUT2D eigenvalue weighted by Crippen LogP contribution is -2.30. The van der Waals surface area contributed by atoms with Crippen molar-refractivity contribution < 1.29 is 27.6 Å². The van der Waals surface area contributed by atoms with Gasteiger partial charge in [0.1, 0.15) is 5.92 Å². The number of carbonyl (C=O) groups is 3. The Morgan fingerprint density at radius 1 is 1.06 bits per heavy atom. The molecule has 0 saturated carbocycles. The van der Waals surface area contributed by atoms with Crippen molar-refractivity contribution in [2.24, 2.45) is 5.10 Å². The fraction of sp³-hybridized carbons (Fsp3) is 0.333. The highest BCUT2D eigenvalue weighted by atomic mass is 19.4. The Morgan fingerprint density at radius 2 is 1.71 bits per heavy atom. The second-order valence-corrected chi connectivity index (χ2v) is 8.25. The monoisotopic (exact) mass is 474 g/mol. The summed E-state index contributed by atoms with van der Waals surface area (Å²) in [6.07, 6.45) is -4.59. The lowest BCUT2D eigenvalue weighted by Gasteiger charge is -2.20. The molecule has 10 heteroatoms. The van der Waals surface area contributed by atoms with Crippen LogP contribution in [0.15, 0.2) is 41.5 Å². The third-order valence-electron chi connectivity index (χ3n) is 5.34. The van der Waals surface area contributed by atoms with E-state index < -0.39 is 29.5 Å². The number of halogens is 3. The first-order chi connectivity index (χ1) is 15.9. The first-order valence-electron chi connectivity index (χ1n) is 10.6. The summed E-state index contributed by atoms with van der Waals surface area (Å²) >= 11 is 0. The van der Waals surface area contributed by atoms with Crippen LogP contribution in [-0.4, -0.2) is 30.0 Å². The number of anilines is 2. The van der Waals surface area contributed by atoms with Gasteiger partial charge in [0, 0.05) is 25.6 Å². The molecule has 2 aromatic carbocycles. The highest BCUT2D eigenvalue weighted by Gasteiger charge is 2.42. The van der Waals surface area contributed by atoms with Crippen LogP contribution in [0, 0.1) is 13.8 Å². The van der Waals surface area contributed by atoms with Gasteiger partial charge in [0.2, 0.25) is 17.7 Å². The molecule has 180 valence electrons. The fourth-order valence-corrected chi connectivity index (χ4v) is 3.91. The van der Waals surface area contributed by atoms with Gasteiger partial charge in [0.25, 0.3) is 0 Å². The predicted molar refractivity (Wildman–Crippen MR) is 122 cm³/mol. The zero-order valence-electron chi connectivity index (χ0n) is 19.2. The molecule has 0 aromatic heterocycles. The van der Waals surface area contributed by atoms with Gasteiger partial charge in [0.05, 0.1) is 17.0 Å². The van der Waals surface area contributed by atoms with E-state index in [1.165, 1.54) is 24.8 Å². The van der Waals surface area contributed by atoms with Gasteiger partial charge in [-0.15, -0.1) is 0 Å². The van der Waals surface area contributed by atoms with Crippen LogP contribution in [0.2, 0.25) is 0 Å². The summed E-state index contributed by atoms with van der Waals surface area (Å²) < 4.78 is 40.3. The summed E-state index contributed by atoms with van der Waals surface area (Å²) in [5.41, 5.74) is 4.37. The standard InChI is InChI=1S/C24H25F3N4O3/c1-13-9-14(2)11-18(10-13)31-20-12-17(24(25,26)27)5-6-19(20)22(23(31)34)15(3)29-30-21(33)7-8-28-16(4)32/h5-6,9-12,22H,7-8H2,1-4H3,(H,28,32)(H,30,33)/b29-15-. The van der Waals surface area contributed by atoms with Crippen LogP contribution in [0.4, 0.5) is 24.5 Å². The number of benzene rings is 2. The summed E-state index contributed by atoms with van der Waals surface area (Å²) in [6.45, 7) is 6.66. The van der Waals surface area contributed by atoms with E-state index in [0.29, 0.717) is 11.3 Å². The van der Waals surface area contributed by atoms with Gasteiger partial charge in [-0.25, -0.2) is 5.43 Å². The summed E-state index contributed by atoms with van der Waals surface area (Å²) in [7, 11) is 0. The molecule has 0 aliphatic carbocycles. The minimum atomic E-state index is -4.57. The molecule has 34 heavy (non-hydrogen) atoms. The molecular weight excluding hydrogens is 449 g/mol.